The van der Waals surface area contributed by atoms with Gasteiger partial charge in [-0.25, -0.2) is 0 Å². The van der Waals surface area contributed by atoms with Gasteiger partial charge in [0.1, 0.15) is 0 Å². The first-order valence-electron chi connectivity index (χ1n) is 6.02. The molecule has 78 valence electrons. The second-order valence-corrected chi connectivity index (χ2v) is 3.84. The van der Waals surface area contributed by atoms with Crippen LogP contribution in [0.2, 0.25) is 0 Å². The Kier molecular flexibility index (Phi) is 12.0. The number of rotatable bonds is 10. The fraction of sp³-hybridized carbons (Fsp3) is 0.846. The van der Waals surface area contributed by atoms with E-state index in [1.165, 1.54) is 57.8 Å². The molecule has 0 N–H and O–H groups in total. The molecule has 0 aromatic rings. The van der Waals surface area contributed by atoms with Gasteiger partial charge in [-0.3, -0.25) is 0 Å². The zero-order valence-corrected chi connectivity index (χ0v) is 9.36. The lowest BCUT2D eigenvalue weighted by Gasteiger charge is -2.00. The van der Waals surface area contributed by atoms with Crippen molar-refractivity contribution < 1.29 is 0 Å². The van der Waals surface area contributed by atoms with Gasteiger partial charge >= 0.3 is 0 Å². The van der Waals surface area contributed by atoms with Crippen LogP contribution in [0.5, 0.6) is 0 Å². The lowest BCUT2D eigenvalue weighted by atomic mass is 10.1. The van der Waals surface area contributed by atoms with Crippen LogP contribution in [0.15, 0.2) is 0 Å². The highest BCUT2D eigenvalue weighted by atomic mass is 14.0. The van der Waals surface area contributed by atoms with E-state index in [2.05, 4.69) is 20.3 Å². The van der Waals surface area contributed by atoms with Gasteiger partial charge in [0.05, 0.1) is 0 Å². The van der Waals surface area contributed by atoms with Crippen molar-refractivity contribution in [2.24, 2.45) is 0 Å². The summed E-state index contributed by atoms with van der Waals surface area (Å²) in [6.45, 7) is 6.11. The van der Waals surface area contributed by atoms with Crippen LogP contribution in [-0.2, 0) is 0 Å². The fourth-order valence-corrected chi connectivity index (χ4v) is 1.50. The van der Waals surface area contributed by atoms with Crippen LogP contribution >= 0.6 is 0 Å². The summed E-state index contributed by atoms with van der Waals surface area (Å²) >= 11 is 0. The molecule has 0 saturated heterocycles. The molecule has 2 radical (unpaired) electrons. The first kappa shape index (κ1) is 13.0. The summed E-state index contributed by atoms with van der Waals surface area (Å²) in [5.74, 6) is 0. The Hall–Kier alpha value is 0. The van der Waals surface area contributed by atoms with Gasteiger partial charge in [-0.05, 0) is 6.42 Å². The Morgan fingerprint density at radius 2 is 1.46 bits per heavy atom. The first-order chi connectivity index (χ1) is 6.41. The second-order valence-electron chi connectivity index (χ2n) is 3.84. The van der Waals surface area contributed by atoms with Gasteiger partial charge in [-0.15, -0.1) is 0 Å². The first-order valence-corrected chi connectivity index (χ1v) is 6.02. The van der Waals surface area contributed by atoms with Crippen molar-refractivity contribution in [3.63, 3.8) is 0 Å². The van der Waals surface area contributed by atoms with E-state index < -0.39 is 0 Å². The molecule has 0 nitrogen and oxygen atoms in total. The van der Waals surface area contributed by atoms with E-state index in [0.717, 1.165) is 6.42 Å². The highest BCUT2D eigenvalue weighted by molar-refractivity contribution is 4.64. The molecule has 0 bridgehead atoms. The van der Waals surface area contributed by atoms with E-state index in [1.807, 2.05) is 0 Å². The van der Waals surface area contributed by atoms with Gasteiger partial charge in [0.25, 0.3) is 0 Å². The number of hydrogen-bond donors (Lipinski definition) is 0. The van der Waals surface area contributed by atoms with E-state index in [-0.39, 0.29) is 0 Å². The van der Waals surface area contributed by atoms with Gasteiger partial charge < -0.3 is 0 Å². The molecule has 0 saturated carbocycles. The molecule has 0 fully saturated rings. The average molecular weight is 182 g/mol. The molecule has 0 rings (SSSR count). The molecule has 0 heteroatoms. The Morgan fingerprint density at radius 1 is 0.846 bits per heavy atom. The number of unbranched alkanes of at least 4 members (excludes halogenated alkanes) is 10. The maximum atomic E-state index is 3.84. The normalized spacial score (nSPS) is 10.6. The third-order valence-electron chi connectivity index (χ3n) is 2.42. The topological polar surface area (TPSA) is 0 Å². The van der Waals surface area contributed by atoms with Crippen molar-refractivity contribution in [2.75, 3.05) is 0 Å². The standard InChI is InChI=1S/C13H26/c1-3-5-7-9-11-13-12-10-8-6-4-2/h13H,1,3-12H2,2H3. The zero-order valence-electron chi connectivity index (χ0n) is 9.36. The molecule has 0 unspecified atom stereocenters. The third kappa shape index (κ3) is 12.0. The predicted octanol–water partition coefficient (Wildman–Crippen LogP) is 4.95. The fourth-order valence-electron chi connectivity index (χ4n) is 1.50. The molecule has 0 aliphatic heterocycles. The van der Waals surface area contributed by atoms with Crippen LogP contribution in [0.25, 0.3) is 0 Å². The highest BCUT2D eigenvalue weighted by Gasteiger charge is 1.91. The largest absolute Gasteiger partial charge is 0.0654 e. The molecule has 0 atom stereocenters. The summed E-state index contributed by atoms with van der Waals surface area (Å²) in [5, 5.41) is 0. The van der Waals surface area contributed by atoms with Crippen LogP contribution in [0.3, 0.4) is 0 Å². The molecule has 13 heavy (non-hydrogen) atoms. The minimum Gasteiger partial charge on any atom is -0.0654 e. The van der Waals surface area contributed by atoms with Crippen molar-refractivity contribution in [3.05, 3.63) is 13.3 Å². The molecular weight excluding hydrogens is 156 g/mol. The van der Waals surface area contributed by atoms with Crippen LogP contribution in [0.4, 0.5) is 0 Å². The average Bonchev–Trinajstić information content (AvgIpc) is 2.16. The Labute approximate surface area is 85.1 Å². The van der Waals surface area contributed by atoms with Gasteiger partial charge in [0.15, 0.2) is 0 Å². The van der Waals surface area contributed by atoms with Gasteiger partial charge in [0, 0.05) is 0 Å². The molecule has 0 aliphatic rings. The number of hydrogen-bond acceptors (Lipinski definition) is 0. The zero-order chi connectivity index (χ0) is 9.78. The van der Waals surface area contributed by atoms with Crippen LogP contribution in [0, 0.1) is 13.3 Å². The summed E-state index contributed by atoms with van der Waals surface area (Å²) < 4.78 is 0. The van der Waals surface area contributed by atoms with Gasteiger partial charge in [-0.2, -0.15) is 0 Å². The van der Waals surface area contributed by atoms with Crippen molar-refractivity contribution in [1.29, 1.82) is 0 Å². The third-order valence-corrected chi connectivity index (χ3v) is 2.42. The Balaban J connectivity index is 2.76. The van der Waals surface area contributed by atoms with Crippen molar-refractivity contribution in [1.82, 2.24) is 0 Å². The molecule has 0 spiro atoms. The smallest absolute Gasteiger partial charge is 0.0386 e. The minimum atomic E-state index is 1.11. The summed E-state index contributed by atoms with van der Waals surface area (Å²) in [6.07, 6.45) is 15.9. The predicted molar refractivity (Wildman–Crippen MR) is 61.5 cm³/mol. The summed E-state index contributed by atoms with van der Waals surface area (Å²) in [4.78, 5) is 0. The molecule has 0 aromatic heterocycles. The lowest BCUT2D eigenvalue weighted by Crippen LogP contribution is -1.81. The maximum absolute atomic E-state index is 3.84. The van der Waals surface area contributed by atoms with Gasteiger partial charge in [-0.1, -0.05) is 78.1 Å². The Bertz CT molecular complexity index is 66.1. The lowest BCUT2D eigenvalue weighted by molar-refractivity contribution is 0.626. The van der Waals surface area contributed by atoms with Gasteiger partial charge in [0.2, 0.25) is 0 Å². The quantitative estimate of drug-likeness (QED) is 0.419. The summed E-state index contributed by atoms with van der Waals surface area (Å²) in [5.41, 5.74) is 0. The molecule has 0 amide bonds. The minimum absolute atomic E-state index is 1.11. The maximum Gasteiger partial charge on any atom is -0.0386 e. The summed E-state index contributed by atoms with van der Waals surface area (Å²) in [6, 6.07) is 0. The van der Waals surface area contributed by atoms with Crippen LogP contribution < -0.4 is 0 Å². The monoisotopic (exact) mass is 182 g/mol. The van der Waals surface area contributed by atoms with Crippen LogP contribution in [-0.4, -0.2) is 0 Å². The van der Waals surface area contributed by atoms with Crippen molar-refractivity contribution >= 4 is 0 Å². The molecular formula is C13H26. The van der Waals surface area contributed by atoms with E-state index in [4.69, 9.17) is 0 Å². The van der Waals surface area contributed by atoms with Crippen molar-refractivity contribution in [3.8, 4) is 0 Å². The van der Waals surface area contributed by atoms with E-state index in [9.17, 15) is 0 Å². The summed E-state index contributed by atoms with van der Waals surface area (Å²) in [7, 11) is 0. The molecule has 0 aliphatic carbocycles. The second kappa shape index (κ2) is 12.0. The van der Waals surface area contributed by atoms with Crippen LogP contribution in [0.1, 0.15) is 71.1 Å². The van der Waals surface area contributed by atoms with E-state index in [0.29, 0.717) is 0 Å². The highest BCUT2D eigenvalue weighted by Crippen LogP contribution is 2.09. The van der Waals surface area contributed by atoms with Crippen molar-refractivity contribution in [2.45, 2.75) is 71.1 Å². The van der Waals surface area contributed by atoms with E-state index in [1.54, 1.807) is 0 Å². The molecule has 0 heterocycles. The Morgan fingerprint density at radius 3 is 2.00 bits per heavy atom. The SMILES string of the molecule is [CH2]CCCCC[CH]CCCCCC. The van der Waals surface area contributed by atoms with E-state index >= 15 is 0 Å². The molecule has 0 aromatic carbocycles.